The van der Waals surface area contributed by atoms with E-state index in [0.717, 1.165) is 16.3 Å². The predicted octanol–water partition coefficient (Wildman–Crippen LogP) is 1.43. The molecule has 1 rings (SSSR count). The molecular weight excluding hydrogens is 266 g/mol. The summed E-state index contributed by atoms with van der Waals surface area (Å²) in [5.74, 6) is -0.574. The smallest absolute Gasteiger partial charge is 0.321 e. The molecule has 1 aromatic carbocycles. The zero-order valence-electron chi connectivity index (χ0n) is 11.4. The van der Waals surface area contributed by atoms with Crippen molar-refractivity contribution in [3.05, 3.63) is 29.8 Å². The Morgan fingerprint density at radius 1 is 1.21 bits per heavy atom. The SMILES string of the molecule is CCc1ccc(S(=O)(=O)N(CC)CC(=O)OC)cc1. The maximum Gasteiger partial charge on any atom is 0.321 e. The molecule has 0 fully saturated rings. The first-order valence-corrected chi connectivity index (χ1v) is 7.55. The summed E-state index contributed by atoms with van der Waals surface area (Å²) in [6, 6.07) is 6.68. The van der Waals surface area contributed by atoms with Crippen LogP contribution in [0.15, 0.2) is 29.2 Å². The lowest BCUT2D eigenvalue weighted by Crippen LogP contribution is -2.36. The summed E-state index contributed by atoms with van der Waals surface area (Å²) < 4.78 is 30.3. The fraction of sp³-hybridized carbons (Fsp3) is 0.462. The van der Waals surface area contributed by atoms with E-state index in [-0.39, 0.29) is 18.0 Å². The van der Waals surface area contributed by atoms with Gasteiger partial charge < -0.3 is 4.74 Å². The molecule has 5 nitrogen and oxygen atoms in total. The first-order chi connectivity index (χ1) is 8.95. The van der Waals surface area contributed by atoms with Crippen LogP contribution in [0.3, 0.4) is 0 Å². The molecule has 0 saturated carbocycles. The molecule has 6 heteroatoms. The fourth-order valence-corrected chi connectivity index (χ4v) is 3.01. The first-order valence-electron chi connectivity index (χ1n) is 6.11. The Balaban J connectivity index is 3.02. The number of nitrogens with zero attached hydrogens (tertiary/aromatic N) is 1. The molecule has 0 amide bonds. The van der Waals surface area contributed by atoms with Gasteiger partial charge in [-0.25, -0.2) is 8.42 Å². The lowest BCUT2D eigenvalue weighted by molar-refractivity contribution is -0.140. The highest BCUT2D eigenvalue weighted by molar-refractivity contribution is 7.89. The Bertz CT molecular complexity index is 522. The Labute approximate surface area is 114 Å². The largest absolute Gasteiger partial charge is 0.468 e. The van der Waals surface area contributed by atoms with Crippen molar-refractivity contribution in [3.63, 3.8) is 0 Å². The molecule has 19 heavy (non-hydrogen) atoms. The zero-order valence-corrected chi connectivity index (χ0v) is 12.2. The lowest BCUT2D eigenvalue weighted by Gasteiger charge is -2.19. The third kappa shape index (κ3) is 3.78. The van der Waals surface area contributed by atoms with Gasteiger partial charge >= 0.3 is 5.97 Å². The number of carbonyl (C=O) groups excluding carboxylic acids is 1. The Morgan fingerprint density at radius 3 is 2.21 bits per heavy atom. The molecule has 0 radical (unpaired) electrons. The molecule has 0 aliphatic carbocycles. The van der Waals surface area contributed by atoms with E-state index in [2.05, 4.69) is 4.74 Å². The number of benzene rings is 1. The normalized spacial score (nSPS) is 11.6. The van der Waals surface area contributed by atoms with E-state index < -0.39 is 16.0 Å². The molecule has 0 spiro atoms. The van der Waals surface area contributed by atoms with Gasteiger partial charge in [0.2, 0.25) is 10.0 Å². The number of rotatable bonds is 6. The van der Waals surface area contributed by atoms with Crippen LogP contribution >= 0.6 is 0 Å². The molecule has 0 atom stereocenters. The number of hydrogen-bond donors (Lipinski definition) is 0. The van der Waals surface area contributed by atoms with Crippen molar-refractivity contribution in [2.24, 2.45) is 0 Å². The minimum Gasteiger partial charge on any atom is -0.468 e. The van der Waals surface area contributed by atoms with Crippen LogP contribution in [0.5, 0.6) is 0 Å². The van der Waals surface area contributed by atoms with Crippen LogP contribution in [0, 0.1) is 0 Å². The number of methoxy groups -OCH3 is 1. The molecule has 0 aliphatic rings. The van der Waals surface area contributed by atoms with Crippen LogP contribution in [0.1, 0.15) is 19.4 Å². The summed E-state index contributed by atoms with van der Waals surface area (Å²) in [7, 11) is -2.41. The Kier molecular flexibility index (Phi) is 5.50. The summed E-state index contributed by atoms with van der Waals surface area (Å²) in [5.41, 5.74) is 1.06. The van der Waals surface area contributed by atoms with Gasteiger partial charge in [-0.05, 0) is 24.1 Å². The van der Waals surface area contributed by atoms with E-state index in [1.165, 1.54) is 7.11 Å². The van der Waals surface area contributed by atoms with Crippen molar-refractivity contribution in [1.29, 1.82) is 0 Å². The number of sulfonamides is 1. The van der Waals surface area contributed by atoms with Crippen molar-refractivity contribution in [3.8, 4) is 0 Å². The van der Waals surface area contributed by atoms with Gasteiger partial charge in [-0.2, -0.15) is 4.31 Å². The van der Waals surface area contributed by atoms with Gasteiger partial charge in [-0.3, -0.25) is 4.79 Å². The molecule has 0 saturated heterocycles. The van der Waals surface area contributed by atoms with Crippen molar-refractivity contribution in [2.75, 3.05) is 20.2 Å². The number of hydrogen-bond acceptors (Lipinski definition) is 4. The van der Waals surface area contributed by atoms with E-state index in [1.54, 1.807) is 31.2 Å². The number of carbonyl (C=O) groups is 1. The second-order valence-corrected chi connectivity index (χ2v) is 5.94. The predicted molar refractivity (Wildman–Crippen MR) is 72.3 cm³/mol. The van der Waals surface area contributed by atoms with Gasteiger partial charge in [0, 0.05) is 6.54 Å². The molecule has 0 aromatic heterocycles. The van der Waals surface area contributed by atoms with Gasteiger partial charge in [0.1, 0.15) is 6.54 Å². The van der Waals surface area contributed by atoms with Crippen LogP contribution in [0.2, 0.25) is 0 Å². The van der Waals surface area contributed by atoms with Crippen molar-refractivity contribution >= 4 is 16.0 Å². The number of esters is 1. The van der Waals surface area contributed by atoms with E-state index >= 15 is 0 Å². The number of likely N-dealkylation sites (N-methyl/N-ethyl adjacent to an activating group) is 1. The van der Waals surface area contributed by atoms with Gasteiger partial charge in [0.15, 0.2) is 0 Å². The third-order valence-corrected chi connectivity index (χ3v) is 4.79. The third-order valence-electron chi connectivity index (χ3n) is 2.86. The monoisotopic (exact) mass is 285 g/mol. The van der Waals surface area contributed by atoms with Gasteiger partial charge in [-0.15, -0.1) is 0 Å². The van der Waals surface area contributed by atoms with E-state index in [0.29, 0.717) is 0 Å². The standard InChI is InChI=1S/C13H19NO4S/c1-4-11-6-8-12(9-7-11)19(16,17)14(5-2)10-13(15)18-3/h6-9H,4-5,10H2,1-3H3. The van der Waals surface area contributed by atoms with E-state index in [9.17, 15) is 13.2 Å². The topological polar surface area (TPSA) is 63.7 Å². The van der Waals surface area contributed by atoms with Crippen LogP contribution < -0.4 is 0 Å². The highest BCUT2D eigenvalue weighted by Crippen LogP contribution is 2.16. The molecule has 106 valence electrons. The Morgan fingerprint density at radius 2 is 1.79 bits per heavy atom. The number of ether oxygens (including phenoxy) is 1. The molecule has 0 bridgehead atoms. The number of aryl methyl sites for hydroxylation is 1. The van der Waals surface area contributed by atoms with Gasteiger partial charge in [-0.1, -0.05) is 26.0 Å². The van der Waals surface area contributed by atoms with Crippen LogP contribution in [-0.2, 0) is 26.0 Å². The summed E-state index contributed by atoms with van der Waals surface area (Å²) in [6.45, 7) is 3.62. The molecule has 0 N–H and O–H groups in total. The molecular formula is C13H19NO4S. The second kappa shape index (κ2) is 6.68. The lowest BCUT2D eigenvalue weighted by atomic mass is 10.2. The Hall–Kier alpha value is -1.40. The average Bonchev–Trinajstić information content (AvgIpc) is 2.44. The molecule has 1 aromatic rings. The van der Waals surface area contributed by atoms with Crippen LogP contribution in [0.25, 0.3) is 0 Å². The summed E-state index contributed by atoms with van der Waals surface area (Å²) in [5, 5.41) is 0. The highest BCUT2D eigenvalue weighted by Gasteiger charge is 2.25. The van der Waals surface area contributed by atoms with Crippen LogP contribution in [0.4, 0.5) is 0 Å². The highest BCUT2D eigenvalue weighted by atomic mass is 32.2. The van der Waals surface area contributed by atoms with E-state index in [4.69, 9.17) is 0 Å². The first kappa shape index (κ1) is 15.7. The summed E-state index contributed by atoms with van der Waals surface area (Å²) in [6.07, 6.45) is 0.847. The van der Waals surface area contributed by atoms with E-state index in [1.807, 2.05) is 6.92 Å². The molecule has 0 heterocycles. The van der Waals surface area contributed by atoms with Crippen molar-refractivity contribution in [1.82, 2.24) is 4.31 Å². The quantitative estimate of drug-likeness (QED) is 0.742. The maximum atomic E-state index is 12.3. The average molecular weight is 285 g/mol. The molecule has 0 aliphatic heterocycles. The minimum absolute atomic E-state index is 0.190. The maximum absolute atomic E-state index is 12.3. The fourth-order valence-electron chi connectivity index (χ4n) is 1.62. The minimum atomic E-state index is -3.65. The van der Waals surface area contributed by atoms with Crippen LogP contribution in [-0.4, -0.2) is 38.9 Å². The van der Waals surface area contributed by atoms with Crippen molar-refractivity contribution < 1.29 is 17.9 Å². The summed E-state index contributed by atoms with van der Waals surface area (Å²) in [4.78, 5) is 11.4. The second-order valence-electron chi connectivity index (χ2n) is 4.00. The molecule has 0 unspecified atom stereocenters. The zero-order chi connectivity index (χ0) is 14.5. The van der Waals surface area contributed by atoms with Crippen molar-refractivity contribution in [2.45, 2.75) is 25.2 Å². The van der Waals surface area contributed by atoms with Gasteiger partial charge in [0.05, 0.1) is 12.0 Å². The van der Waals surface area contributed by atoms with Gasteiger partial charge in [0.25, 0.3) is 0 Å². The summed E-state index contributed by atoms with van der Waals surface area (Å²) >= 11 is 0.